The smallest absolute Gasteiger partial charge is 0.416 e. The van der Waals surface area contributed by atoms with E-state index in [1.807, 2.05) is 85.7 Å². The maximum atomic E-state index is 14.2. The van der Waals surface area contributed by atoms with Gasteiger partial charge in [-0.3, -0.25) is 4.79 Å². The summed E-state index contributed by atoms with van der Waals surface area (Å²) in [6.45, 7) is 15.6. The van der Waals surface area contributed by atoms with Crippen molar-refractivity contribution in [2.75, 3.05) is 18.0 Å². The first kappa shape index (κ1) is 44.3. The molecule has 2 aliphatic heterocycles. The Labute approximate surface area is 358 Å². The second-order valence-corrected chi connectivity index (χ2v) is 17.7. The molecule has 0 spiro atoms. The molecule has 0 radical (unpaired) electrons. The van der Waals surface area contributed by atoms with Crippen LogP contribution in [0, 0.1) is 0 Å². The monoisotopic (exact) mass is 857 g/mol. The van der Waals surface area contributed by atoms with Crippen LogP contribution in [0.2, 0.25) is 0 Å². The maximum Gasteiger partial charge on any atom is 0.416 e. The van der Waals surface area contributed by atoms with Crippen LogP contribution in [0.1, 0.15) is 88.8 Å². The zero-order chi connectivity index (χ0) is 45.1. The predicted molar refractivity (Wildman–Crippen MR) is 229 cm³/mol. The van der Waals surface area contributed by atoms with Gasteiger partial charge in [-0.05, 0) is 125 Å². The molecule has 3 aliphatic rings. The Morgan fingerprint density at radius 3 is 1.73 bits per heavy atom. The van der Waals surface area contributed by atoms with Crippen LogP contribution in [0.25, 0.3) is 0 Å². The number of ketones is 1. The van der Waals surface area contributed by atoms with Gasteiger partial charge >= 0.3 is 12.4 Å². The number of Topliss-reactive ketones (excluding diaryl/α,β-unsaturated/α-hetero) is 1. The lowest BCUT2D eigenvalue weighted by atomic mass is 9.77. The van der Waals surface area contributed by atoms with E-state index in [0.29, 0.717) is 71.3 Å². The number of rotatable bonds is 12. The van der Waals surface area contributed by atoms with E-state index in [4.69, 9.17) is 9.47 Å². The molecule has 2 heterocycles. The summed E-state index contributed by atoms with van der Waals surface area (Å²) < 4.78 is 97.5. The van der Waals surface area contributed by atoms with Crippen LogP contribution >= 0.6 is 0 Å². The number of halogens is 6. The normalized spacial score (nSPS) is 18.3. The van der Waals surface area contributed by atoms with E-state index in [1.54, 1.807) is 39.8 Å². The number of hydrogen-bond acceptors (Lipinski definition) is 5. The Kier molecular flexibility index (Phi) is 11.5. The van der Waals surface area contributed by atoms with E-state index in [2.05, 4.69) is 0 Å². The number of anilines is 1. The van der Waals surface area contributed by atoms with Crippen LogP contribution < -0.4 is 14.4 Å². The van der Waals surface area contributed by atoms with Crippen LogP contribution in [-0.4, -0.2) is 46.5 Å². The molecular formula is C50H51F6N2O4+. The largest absolute Gasteiger partial charge is 0.506 e. The van der Waals surface area contributed by atoms with Crippen LogP contribution in [0.4, 0.5) is 37.7 Å². The summed E-state index contributed by atoms with van der Waals surface area (Å²) >= 11 is 0. The standard InChI is InChI=1S/C50H50F6N2O4/c1-29(2)61-35-15-9-31(10-16-35)21-23-57-41-19-13-33(49(51,52)53)25-39(41)47(5,6)43(57)27-37-45(59)38(46(37)60)28-44-48(7,8)40-26-34(50(54,55)56)14-20-42(40)58(44)24-22-32-11-17-36(18-12-32)62-30(3)4/h9-20,25-30H,21-24H2,1-8H3/p+1. The molecule has 4 aromatic carbocycles. The molecule has 0 amide bonds. The molecular weight excluding hydrogens is 807 g/mol. The average molecular weight is 858 g/mol. The molecule has 0 aromatic heterocycles. The number of carbonyl (C=O) groups is 1. The second-order valence-electron chi connectivity index (χ2n) is 17.7. The van der Waals surface area contributed by atoms with Gasteiger partial charge in [0, 0.05) is 47.5 Å². The van der Waals surface area contributed by atoms with E-state index < -0.39 is 40.1 Å². The predicted octanol–water partition coefficient (Wildman–Crippen LogP) is 12.2. The van der Waals surface area contributed by atoms with Crippen LogP contribution in [0.3, 0.4) is 0 Å². The number of nitrogens with zero attached hydrogens (tertiary/aromatic N) is 2. The highest BCUT2D eigenvalue weighted by molar-refractivity contribution is 6.24. The summed E-state index contributed by atoms with van der Waals surface area (Å²) in [5, 5.41) is 11.7. The number of carbonyl (C=O) groups excluding carboxylic acids is 1. The van der Waals surface area contributed by atoms with Gasteiger partial charge in [-0.2, -0.15) is 30.9 Å². The van der Waals surface area contributed by atoms with Gasteiger partial charge in [-0.1, -0.05) is 38.1 Å². The van der Waals surface area contributed by atoms with Crippen molar-refractivity contribution in [2.24, 2.45) is 0 Å². The minimum atomic E-state index is -4.58. The maximum absolute atomic E-state index is 14.2. The minimum Gasteiger partial charge on any atom is -0.506 e. The average Bonchev–Trinajstić information content (AvgIpc) is 3.54. The highest BCUT2D eigenvalue weighted by Crippen LogP contribution is 2.51. The number of aliphatic hydroxyl groups excluding tert-OH is 1. The number of benzene rings is 4. The number of aliphatic hydroxyl groups is 1. The molecule has 0 unspecified atom stereocenters. The molecule has 12 heteroatoms. The fourth-order valence-electron chi connectivity index (χ4n) is 8.58. The van der Waals surface area contributed by atoms with Crippen molar-refractivity contribution in [1.82, 2.24) is 0 Å². The molecule has 6 nitrogen and oxygen atoms in total. The van der Waals surface area contributed by atoms with Gasteiger partial charge in [0.25, 0.3) is 0 Å². The van der Waals surface area contributed by atoms with Crippen LogP contribution in [0.5, 0.6) is 11.5 Å². The first-order valence-electron chi connectivity index (χ1n) is 20.8. The molecule has 1 N–H and O–H groups in total. The Hall–Kier alpha value is -5.78. The zero-order valence-electron chi connectivity index (χ0n) is 36.1. The Bertz CT molecular complexity index is 2520. The van der Waals surface area contributed by atoms with Crippen molar-refractivity contribution in [3.8, 4) is 11.5 Å². The lowest BCUT2D eigenvalue weighted by Crippen LogP contribution is -2.32. The van der Waals surface area contributed by atoms with E-state index >= 15 is 0 Å². The third-order valence-corrected chi connectivity index (χ3v) is 11.8. The number of allylic oxidation sites excluding steroid dienone is 5. The van der Waals surface area contributed by atoms with Gasteiger partial charge in [0.15, 0.2) is 12.3 Å². The first-order chi connectivity index (χ1) is 29.0. The van der Waals surface area contributed by atoms with E-state index in [0.717, 1.165) is 35.4 Å². The van der Waals surface area contributed by atoms with Crippen molar-refractivity contribution in [3.63, 3.8) is 0 Å². The summed E-state index contributed by atoms with van der Waals surface area (Å²) in [7, 11) is 0. The number of hydrogen-bond donors (Lipinski definition) is 1. The molecule has 1 aliphatic carbocycles. The molecule has 326 valence electrons. The second kappa shape index (κ2) is 16.2. The van der Waals surface area contributed by atoms with Crippen molar-refractivity contribution in [2.45, 2.75) is 104 Å². The molecule has 4 aromatic rings. The third-order valence-electron chi connectivity index (χ3n) is 11.8. The summed E-state index contributed by atoms with van der Waals surface area (Å²) in [4.78, 5) is 16.1. The van der Waals surface area contributed by atoms with Crippen molar-refractivity contribution < 1.29 is 50.3 Å². The fraction of sp³-hybridized carbons (Fsp3) is 0.360. The highest BCUT2D eigenvalue weighted by atomic mass is 19.4. The zero-order valence-corrected chi connectivity index (χ0v) is 36.1. The van der Waals surface area contributed by atoms with Crippen LogP contribution in [-0.2, 0) is 40.8 Å². The van der Waals surface area contributed by atoms with Crippen LogP contribution in [0.15, 0.2) is 120 Å². The number of ether oxygens (including phenoxy) is 2. The molecule has 7 rings (SSSR count). The van der Waals surface area contributed by atoms with E-state index in [9.17, 15) is 36.2 Å². The lowest BCUT2D eigenvalue weighted by molar-refractivity contribution is -0.436. The molecule has 0 fully saturated rings. The Balaban J connectivity index is 1.26. The summed E-state index contributed by atoms with van der Waals surface area (Å²) in [6.07, 6.45) is -5.02. The van der Waals surface area contributed by atoms with Crippen molar-refractivity contribution in [1.29, 1.82) is 0 Å². The van der Waals surface area contributed by atoms with E-state index in [1.165, 1.54) is 12.1 Å². The van der Waals surface area contributed by atoms with Crippen molar-refractivity contribution >= 4 is 22.9 Å². The highest BCUT2D eigenvalue weighted by Gasteiger charge is 2.49. The number of fused-ring (bicyclic) bond motifs is 2. The molecule has 0 atom stereocenters. The lowest BCUT2D eigenvalue weighted by Gasteiger charge is -2.29. The number of alkyl halides is 6. The van der Waals surface area contributed by atoms with Gasteiger partial charge in [0.2, 0.25) is 11.5 Å². The fourth-order valence-corrected chi connectivity index (χ4v) is 8.58. The molecule has 62 heavy (non-hydrogen) atoms. The molecule has 0 bridgehead atoms. The Morgan fingerprint density at radius 1 is 0.694 bits per heavy atom. The molecule has 0 saturated heterocycles. The summed E-state index contributed by atoms with van der Waals surface area (Å²) in [5.41, 5.74) is 1.38. The van der Waals surface area contributed by atoms with Gasteiger partial charge in [0.1, 0.15) is 17.3 Å². The first-order valence-corrected chi connectivity index (χ1v) is 20.8. The molecule has 0 saturated carbocycles. The van der Waals surface area contributed by atoms with Gasteiger partial charge < -0.3 is 19.5 Å². The summed E-state index contributed by atoms with van der Waals surface area (Å²) in [6, 6.07) is 22.5. The quantitative estimate of drug-likeness (QED) is 0.0874. The summed E-state index contributed by atoms with van der Waals surface area (Å²) in [5.74, 6) is 0.633. The van der Waals surface area contributed by atoms with E-state index in [-0.39, 0.29) is 29.1 Å². The SMILES string of the molecule is CC(C)Oc1ccc(CCN2/C(=C\C3=C(O)C(=C\C4=[N+](CCc5ccc(OC(C)C)cc5)c5ccc(C(F)(F)F)cc5C4(C)C)/C3=O)C(C)(C)c3cc(C(F)(F)F)ccc32)cc1. The minimum absolute atomic E-state index is 0.00199. The third kappa shape index (κ3) is 8.52. The van der Waals surface area contributed by atoms with Crippen molar-refractivity contribution in [3.05, 3.63) is 153 Å². The Morgan fingerprint density at radius 2 is 1.21 bits per heavy atom. The van der Waals surface area contributed by atoms with Gasteiger partial charge in [0.05, 0.1) is 39.9 Å². The topological polar surface area (TPSA) is 62.0 Å². The van der Waals surface area contributed by atoms with Gasteiger partial charge in [-0.15, -0.1) is 0 Å². The van der Waals surface area contributed by atoms with Gasteiger partial charge in [-0.25, -0.2) is 0 Å².